The summed E-state index contributed by atoms with van der Waals surface area (Å²) in [6, 6.07) is 3.39. The van der Waals surface area contributed by atoms with Gasteiger partial charge in [0, 0.05) is 26.2 Å². The van der Waals surface area contributed by atoms with Crippen molar-refractivity contribution in [3.05, 3.63) is 29.6 Å². The molecule has 0 unspecified atom stereocenters. The fourth-order valence-electron chi connectivity index (χ4n) is 1.36. The lowest BCUT2D eigenvalue weighted by Crippen LogP contribution is -2.07. The first-order valence-electron chi connectivity index (χ1n) is 5.87. The number of hydrogen-bond acceptors (Lipinski definition) is 4. The molecule has 0 aliphatic carbocycles. The van der Waals surface area contributed by atoms with Gasteiger partial charge in [-0.3, -0.25) is 0 Å². The topological polar surface area (TPSA) is 65.0 Å². The molecule has 5 nitrogen and oxygen atoms in total. The zero-order valence-corrected chi connectivity index (χ0v) is 10.7. The summed E-state index contributed by atoms with van der Waals surface area (Å²) < 4.78 is 28.4. The lowest BCUT2D eigenvalue weighted by molar-refractivity contribution is 0.0643. The first-order valence-corrected chi connectivity index (χ1v) is 5.87. The van der Waals surface area contributed by atoms with Gasteiger partial charge in [0.05, 0.1) is 25.4 Å². The first-order chi connectivity index (χ1) is 9.13. The zero-order chi connectivity index (χ0) is 14.1. The summed E-state index contributed by atoms with van der Waals surface area (Å²) >= 11 is 0. The average molecular weight is 272 g/mol. The first kappa shape index (κ1) is 15.4. The van der Waals surface area contributed by atoms with Crippen molar-refractivity contribution in [3.63, 3.8) is 0 Å². The molecule has 1 N–H and O–H groups in total. The van der Waals surface area contributed by atoms with Crippen molar-refractivity contribution in [2.24, 2.45) is 0 Å². The van der Waals surface area contributed by atoms with Crippen LogP contribution in [0.4, 0.5) is 4.39 Å². The van der Waals surface area contributed by atoms with Crippen molar-refractivity contribution in [2.75, 3.05) is 33.5 Å². The molecule has 1 aromatic carbocycles. The number of rotatable bonds is 9. The van der Waals surface area contributed by atoms with Gasteiger partial charge in [-0.15, -0.1) is 0 Å². The van der Waals surface area contributed by atoms with Crippen LogP contribution in [0.25, 0.3) is 0 Å². The van der Waals surface area contributed by atoms with Crippen LogP contribution in [0.5, 0.6) is 5.75 Å². The molecular formula is C13H17FO5. The molecule has 0 radical (unpaired) electrons. The highest BCUT2D eigenvalue weighted by Gasteiger charge is 2.07. The predicted octanol–water partition coefficient (Wildman–Crippen LogP) is 1.96. The van der Waals surface area contributed by atoms with Gasteiger partial charge in [-0.25, -0.2) is 9.18 Å². The Morgan fingerprint density at radius 3 is 2.68 bits per heavy atom. The van der Waals surface area contributed by atoms with Gasteiger partial charge in [0.2, 0.25) is 0 Å². The van der Waals surface area contributed by atoms with Crippen molar-refractivity contribution < 1.29 is 28.5 Å². The number of hydrogen-bond donors (Lipinski definition) is 1. The third-order valence-corrected chi connectivity index (χ3v) is 2.25. The van der Waals surface area contributed by atoms with E-state index < -0.39 is 11.8 Å². The van der Waals surface area contributed by atoms with E-state index in [0.717, 1.165) is 12.1 Å². The number of halogens is 1. The van der Waals surface area contributed by atoms with Crippen molar-refractivity contribution in [1.29, 1.82) is 0 Å². The summed E-state index contributed by atoms with van der Waals surface area (Å²) in [6.07, 6.45) is 0.628. The molecule has 6 heteroatoms. The van der Waals surface area contributed by atoms with Crippen LogP contribution in [-0.4, -0.2) is 44.6 Å². The van der Waals surface area contributed by atoms with Crippen LogP contribution in [0, 0.1) is 5.82 Å². The Bertz CT molecular complexity index is 408. The van der Waals surface area contributed by atoms with Crippen LogP contribution < -0.4 is 4.74 Å². The molecule has 1 aromatic rings. The third kappa shape index (κ3) is 6.17. The summed E-state index contributed by atoms with van der Waals surface area (Å²) in [7, 11) is 1.59. The molecule has 0 fully saturated rings. The molecule has 0 saturated heterocycles. The number of methoxy groups -OCH3 is 1. The molecule has 0 spiro atoms. The van der Waals surface area contributed by atoms with E-state index in [2.05, 4.69) is 0 Å². The van der Waals surface area contributed by atoms with E-state index >= 15 is 0 Å². The Morgan fingerprint density at radius 2 is 2.00 bits per heavy atom. The monoisotopic (exact) mass is 272 g/mol. The number of aromatic carboxylic acids is 1. The highest BCUT2D eigenvalue weighted by Crippen LogP contribution is 2.16. The predicted molar refractivity (Wildman–Crippen MR) is 66.2 cm³/mol. The molecule has 0 bridgehead atoms. The average Bonchev–Trinajstić information content (AvgIpc) is 2.37. The maximum absolute atomic E-state index is 13.1. The van der Waals surface area contributed by atoms with Crippen LogP contribution >= 0.6 is 0 Å². The fourth-order valence-corrected chi connectivity index (χ4v) is 1.36. The number of carboxylic acid groups (broad SMARTS) is 1. The molecule has 0 saturated carbocycles. The quantitative estimate of drug-likeness (QED) is 0.696. The van der Waals surface area contributed by atoms with Crippen LogP contribution in [0.3, 0.4) is 0 Å². The summed E-state index contributed by atoms with van der Waals surface area (Å²) in [5, 5.41) is 8.77. The molecule has 1 rings (SSSR count). The summed E-state index contributed by atoms with van der Waals surface area (Å²) in [6.45, 7) is 1.88. The van der Waals surface area contributed by atoms with E-state index in [0.29, 0.717) is 32.8 Å². The summed E-state index contributed by atoms with van der Waals surface area (Å²) in [4.78, 5) is 10.7. The second-order valence-corrected chi connectivity index (χ2v) is 3.79. The summed E-state index contributed by atoms with van der Waals surface area (Å²) in [5.74, 6) is -1.62. The Balaban J connectivity index is 2.31. The smallest absolute Gasteiger partial charge is 0.335 e. The lowest BCUT2D eigenvalue weighted by Gasteiger charge is -2.07. The largest absolute Gasteiger partial charge is 0.493 e. The van der Waals surface area contributed by atoms with E-state index in [9.17, 15) is 9.18 Å². The molecule has 19 heavy (non-hydrogen) atoms. The van der Waals surface area contributed by atoms with Crippen molar-refractivity contribution in [1.82, 2.24) is 0 Å². The molecule has 0 aromatic heterocycles. The SMILES string of the molecule is COCCOCCCOc1cc(F)cc(C(=O)O)c1. The maximum atomic E-state index is 13.1. The molecule has 0 atom stereocenters. The number of carboxylic acids is 1. The molecule has 0 amide bonds. The highest BCUT2D eigenvalue weighted by atomic mass is 19.1. The second-order valence-electron chi connectivity index (χ2n) is 3.79. The van der Waals surface area contributed by atoms with Gasteiger partial charge in [-0.2, -0.15) is 0 Å². The van der Waals surface area contributed by atoms with Crippen LogP contribution in [0.2, 0.25) is 0 Å². The van der Waals surface area contributed by atoms with Crippen LogP contribution in [-0.2, 0) is 9.47 Å². The maximum Gasteiger partial charge on any atom is 0.335 e. The van der Waals surface area contributed by atoms with E-state index in [1.807, 2.05) is 0 Å². The van der Waals surface area contributed by atoms with Gasteiger partial charge in [-0.1, -0.05) is 0 Å². The van der Waals surface area contributed by atoms with Crippen molar-refractivity contribution in [2.45, 2.75) is 6.42 Å². The second kappa shape index (κ2) is 8.44. The van der Waals surface area contributed by atoms with Crippen molar-refractivity contribution >= 4 is 5.97 Å². The van der Waals surface area contributed by atoms with Gasteiger partial charge in [-0.05, 0) is 12.1 Å². The van der Waals surface area contributed by atoms with E-state index in [1.54, 1.807) is 7.11 Å². The Labute approximate surface area is 110 Å². The van der Waals surface area contributed by atoms with E-state index in [-0.39, 0.29) is 11.3 Å². The van der Waals surface area contributed by atoms with Gasteiger partial charge in [0.1, 0.15) is 11.6 Å². The van der Waals surface area contributed by atoms with Crippen LogP contribution in [0.15, 0.2) is 18.2 Å². The Kier molecular flexibility index (Phi) is 6.84. The molecule has 0 aliphatic rings. The molecular weight excluding hydrogens is 255 g/mol. The minimum atomic E-state index is -1.19. The fraction of sp³-hybridized carbons (Fsp3) is 0.462. The third-order valence-electron chi connectivity index (χ3n) is 2.25. The Morgan fingerprint density at radius 1 is 1.21 bits per heavy atom. The van der Waals surface area contributed by atoms with Gasteiger partial charge in [0.15, 0.2) is 0 Å². The summed E-state index contributed by atoms with van der Waals surface area (Å²) in [5.41, 5.74) is -0.133. The zero-order valence-electron chi connectivity index (χ0n) is 10.7. The van der Waals surface area contributed by atoms with Crippen LogP contribution in [0.1, 0.15) is 16.8 Å². The van der Waals surface area contributed by atoms with Crippen molar-refractivity contribution in [3.8, 4) is 5.75 Å². The van der Waals surface area contributed by atoms with E-state index in [1.165, 1.54) is 6.07 Å². The molecule has 0 aliphatic heterocycles. The molecule has 0 heterocycles. The minimum Gasteiger partial charge on any atom is -0.493 e. The minimum absolute atomic E-state index is 0.133. The van der Waals surface area contributed by atoms with Gasteiger partial charge in [0.25, 0.3) is 0 Å². The van der Waals surface area contributed by atoms with Gasteiger partial charge >= 0.3 is 5.97 Å². The Hall–Kier alpha value is -1.66. The van der Waals surface area contributed by atoms with E-state index in [4.69, 9.17) is 19.3 Å². The lowest BCUT2D eigenvalue weighted by atomic mass is 10.2. The number of carbonyl (C=O) groups is 1. The normalized spacial score (nSPS) is 10.4. The van der Waals surface area contributed by atoms with Gasteiger partial charge < -0.3 is 19.3 Å². The highest BCUT2D eigenvalue weighted by molar-refractivity contribution is 5.88. The number of benzene rings is 1. The molecule has 106 valence electrons. The standard InChI is InChI=1S/C13H17FO5/c1-17-5-6-18-3-2-4-19-12-8-10(13(15)16)7-11(14)9-12/h7-9H,2-6H2,1H3,(H,15,16). The number of ether oxygens (including phenoxy) is 3.